The van der Waals surface area contributed by atoms with Gasteiger partial charge in [-0.2, -0.15) is 0 Å². The molecule has 7 rings (SSSR count). The molecule has 3 nitrogen and oxygen atoms in total. The summed E-state index contributed by atoms with van der Waals surface area (Å²) in [6.07, 6.45) is 8.23. The fourth-order valence-electron chi connectivity index (χ4n) is 6.86. The Labute approximate surface area is 220 Å². The summed E-state index contributed by atoms with van der Waals surface area (Å²) in [5, 5.41) is 1.17. The Balaban J connectivity index is 1.39. The lowest BCUT2D eigenvalue weighted by Crippen LogP contribution is -2.41. The highest BCUT2D eigenvalue weighted by Gasteiger charge is 2.52. The molecule has 0 N–H and O–H groups in total. The van der Waals surface area contributed by atoms with Crippen LogP contribution in [-0.4, -0.2) is 23.3 Å². The van der Waals surface area contributed by atoms with E-state index in [0.717, 1.165) is 11.0 Å². The zero-order valence-electron chi connectivity index (χ0n) is 22.3. The van der Waals surface area contributed by atoms with Crippen molar-refractivity contribution < 1.29 is 9.31 Å². The summed E-state index contributed by atoms with van der Waals surface area (Å²) in [6, 6.07) is 24.7. The summed E-state index contributed by atoms with van der Waals surface area (Å²) < 4.78 is 12.9. The van der Waals surface area contributed by atoms with Crippen molar-refractivity contribution in [1.82, 2.24) is 4.98 Å². The summed E-state index contributed by atoms with van der Waals surface area (Å²) in [5.74, 6) is 0. The molecular formula is C33H34BNO2. The van der Waals surface area contributed by atoms with E-state index < -0.39 is 0 Å². The molecule has 2 heterocycles. The van der Waals surface area contributed by atoms with Crippen LogP contribution in [0.2, 0.25) is 0 Å². The van der Waals surface area contributed by atoms with Crippen LogP contribution in [0.15, 0.2) is 72.9 Å². The first-order valence-corrected chi connectivity index (χ1v) is 13.8. The molecular weight excluding hydrogens is 453 g/mol. The molecule has 1 saturated carbocycles. The quantitative estimate of drug-likeness (QED) is 0.276. The topological polar surface area (TPSA) is 31.4 Å². The lowest BCUT2D eigenvalue weighted by Gasteiger charge is -2.36. The third-order valence-corrected chi connectivity index (χ3v) is 9.56. The summed E-state index contributed by atoms with van der Waals surface area (Å²) in [4.78, 5) is 4.74. The van der Waals surface area contributed by atoms with Crippen molar-refractivity contribution in [1.29, 1.82) is 0 Å². The molecule has 0 unspecified atom stereocenters. The van der Waals surface area contributed by atoms with E-state index in [1.54, 1.807) is 0 Å². The zero-order valence-corrected chi connectivity index (χ0v) is 22.3. The number of nitrogens with zero attached hydrogens (tertiary/aromatic N) is 1. The second-order valence-corrected chi connectivity index (χ2v) is 12.2. The van der Waals surface area contributed by atoms with Gasteiger partial charge in [0.15, 0.2) is 0 Å². The van der Waals surface area contributed by atoms with Crippen LogP contribution < -0.4 is 5.46 Å². The van der Waals surface area contributed by atoms with Crippen molar-refractivity contribution in [2.45, 2.75) is 76.4 Å². The Kier molecular flexibility index (Phi) is 5.03. The Hall–Kier alpha value is -2.95. The maximum atomic E-state index is 6.45. The molecule has 3 aromatic carbocycles. The molecule has 1 aromatic heterocycles. The minimum atomic E-state index is -0.355. The van der Waals surface area contributed by atoms with Crippen LogP contribution in [0.25, 0.3) is 33.2 Å². The summed E-state index contributed by atoms with van der Waals surface area (Å²) >= 11 is 0. The summed E-state index contributed by atoms with van der Waals surface area (Å²) in [6.45, 7) is 8.49. The first-order chi connectivity index (χ1) is 17.8. The normalized spacial score (nSPS) is 20.8. The van der Waals surface area contributed by atoms with E-state index in [2.05, 4.69) is 88.4 Å². The van der Waals surface area contributed by atoms with Gasteiger partial charge in [-0.1, -0.05) is 73.9 Å². The largest absolute Gasteiger partial charge is 0.494 e. The van der Waals surface area contributed by atoms with Gasteiger partial charge in [-0.3, -0.25) is 4.98 Å². The van der Waals surface area contributed by atoms with E-state index in [1.165, 1.54) is 70.9 Å². The van der Waals surface area contributed by atoms with Crippen LogP contribution in [0.3, 0.4) is 0 Å². The highest BCUT2D eigenvalue weighted by Crippen LogP contribution is 2.56. The third kappa shape index (κ3) is 3.38. The number of rotatable bonds is 2. The minimum Gasteiger partial charge on any atom is -0.399 e. The fraction of sp³-hybridized carbons (Fsp3) is 0.364. The molecule has 4 aromatic rings. The van der Waals surface area contributed by atoms with E-state index in [0.29, 0.717) is 0 Å². The van der Waals surface area contributed by atoms with Crippen LogP contribution in [0, 0.1) is 0 Å². The van der Waals surface area contributed by atoms with Gasteiger partial charge in [-0.15, -0.1) is 0 Å². The fourth-order valence-corrected chi connectivity index (χ4v) is 6.86. The molecule has 4 heteroatoms. The van der Waals surface area contributed by atoms with E-state index in [1.807, 2.05) is 12.3 Å². The summed E-state index contributed by atoms with van der Waals surface area (Å²) in [7, 11) is -0.355. The molecule has 3 aliphatic rings. The standard InChI is InChI=1S/C33H34BNO2/c1-31(2)32(3,4)37-34(36-31)24-14-16-29-27(21-24)26-20-23(13-15-28(26)33(29)17-6-5-7-18-33)25-12-8-10-22-11-9-19-35-30(22)25/h8-16,19-21H,5-7,17-18H2,1-4H3. The zero-order chi connectivity index (χ0) is 25.4. The van der Waals surface area contributed by atoms with Crippen LogP contribution in [0.5, 0.6) is 0 Å². The first kappa shape index (κ1) is 23.2. The molecule has 1 saturated heterocycles. The van der Waals surface area contributed by atoms with Crippen LogP contribution in [0.1, 0.15) is 70.9 Å². The van der Waals surface area contributed by atoms with Gasteiger partial charge in [0.2, 0.25) is 0 Å². The van der Waals surface area contributed by atoms with E-state index in [4.69, 9.17) is 14.3 Å². The first-order valence-electron chi connectivity index (χ1n) is 13.8. The van der Waals surface area contributed by atoms with Crippen LogP contribution >= 0.6 is 0 Å². The van der Waals surface area contributed by atoms with Crippen molar-refractivity contribution in [2.75, 3.05) is 0 Å². The number of fused-ring (bicyclic) bond motifs is 6. The second-order valence-electron chi connectivity index (χ2n) is 12.2. The van der Waals surface area contributed by atoms with Crippen molar-refractivity contribution in [3.8, 4) is 22.3 Å². The Morgan fingerprint density at radius 2 is 1.38 bits per heavy atom. The number of aromatic nitrogens is 1. The van der Waals surface area contributed by atoms with Gasteiger partial charge < -0.3 is 9.31 Å². The summed E-state index contributed by atoms with van der Waals surface area (Å²) in [5.41, 5.74) is 9.67. The van der Waals surface area contributed by atoms with Gasteiger partial charge in [0.05, 0.1) is 16.7 Å². The van der Waals surface area contributed by atoms with E-state index >= 15 is 0 Å². The van der Waals surface area contributed by atoms with Gasteiger partial charge in [-0.25, -0.2) is 0 Å². The molecule has 2 fully saturated rings. The molecule has 0 amide bonds. The maximum Gasteiger partial charge on any atom is 0.494 e. The second kappa shape index (κ2) is 8.03. The maximum absolute atomic E-state index is 6.45. The highest BCUT2D eigenvalue weighted by molar-refractivity contribution is 6.62. The monoisotopic (exact) mass is 487 g/mol. The number of hydrogen-bond acceptors (Lipinski definition) is 3. The molecule has 1 aliphatic heterocycles. The smallest absolute Gasteiger partial charge is 0.399 e. The Bertz CT molecular complexity index is 1510. The van der Waals surface area contributed by atoms with Gasteiger partial charge in [0, 0.05) is 22.6 Å². The lowest BCUT2D eigenvalue weighted by molar-refractivity contribution is 0.00578. The average Bonchev–Trinajstić information content (AvgIpc) is 3.29. The van der Waals surface area contributed by atoms with Crippen molar-refractivity contribution in [2.24, 2.45) is 0 Å². The van der Waals surface area contributed by atoms with Crippen molar-refractivity contribution in [3.05, 3.63) is 84.1 Å². The van der Waals surface area contributed by atoms with Crippen LogP contribution in [0.4, 0.5) is 0 Å². The van der Waals surface area contributed by atoms with Gasteiger partial charge >= 0.3 is 7.12 Å². The highest BCUT2D eigenvalue weighted by atomic mass is 16.7. The average molecular weight is 487 g/mol. The molecule has 0 atom stereocenters. The number of benzene rings is 3. The Morgan fingerprint density at radius 3 is 2.14 bits per heavy atom. The number of pyridine rings is 1. The number of hydrogen-bond donors (Lipinski definition) is 0. The van der Waals surface area contributed by atoms with E-state index in [9.17, 15) is 0 Å². The van der Waals surface area contributed by atoms with Crippen molar-refractivity contribution in [3.63, 3.8) is 0 Å². The predicted octanol–water partition coefficient (Wildman–Crippen LogP) is 7.43. The van der Waals surface area contributed by atoms with Gasteiger partial charge in [0.1, 0.15) is 0 Å². The predicted molar refractivity (Wildman–Crippen MR) is 152 cm³/mol. The Morgan fingerprint density at radius 1 is 0.703 bits per heavy atom. The number of para-hydroxylation sites is 1. The minimum absolute atomic E-state index is 0.118. The van der Waals surface area contributed by atoms with E-state index in [-0.39, 0.29) is 23.7 Å². The SMILES string of the molecule is CC1(C)OB(c2ccc3c(c2)-c2cc(-c4cccc5cccnc45)ccc2C32CCCCC2)OC1(C)C. The molecule has 0 bridgehead atoms. The van der Waals surface area contributed by atoms with Crippen molar-refractivity contribution >= 4 is 23.5 Å². The molecule has 1 spiro atoms. The van der Waals surface area contributed by atoms with Gasteiger partial charge in [-0.05, 0) is 85.9 Å². The molecule has 0 radical (unpaired) electrons. The molecule has 2 aliphatic carbocycles. The van der Waals surface area contributed by atoms with Crippen LogP contribution in [-0.2, 0) is 14.7 Å². The van der Waals surface area contributed by atoms with Gasteiger partial charge in [0.25, 0.3) is 0 Å². The molecule has 37 heavy (non-hydrogen) atoms. The lowest BCUT2D eigenvalue weighted by atomic mass is 9.67. The molecule has 186 valence electrons. The third-order valence-electron chi connectivity index (χ3n) is 9.56.